The Hall–Kier alpha value is -5.07. The van der Waals surface area contributed by atoms with Crippen molar-refractivity contribution in [3.05, 3.63) is 107 Å². The number of carbonyl (C=O) groups is 2. The number of anilines is 1. The number of aliphatic hydroxyl groups excluding tert-OH is 1. The van der Waals surface area contributed by atoms with Gasteiger partial charge in [-0.1, -0.05) is 80.4 Å². The number of nitrogens with zero attached hydrogens (tertiary/aromatic N) is 6. The fourth-order valence-corrected chi connectivity index (χ4v) is 7.63. The van der Waals surface area contributed by atoms with Crippen LogP contribution in [0, 0.1) is 13.8 Å². The van der Waals surface area contributed by atoms with Crippen molar-refractivity contribution >= 4 is 32.4 Å². The van der Waals surface area contributed by atoms with E-state index in [2.05, 4.69) is 47.2 Å². The third-order valence-corrected chi connectivity index (χ3v) is 10.9. The molecule has 2 aromatic heterocycles. The van der Waals surface area contributed by atoms with E-state index in [1.54, 1.807) is 16.5 Å². The molecule has 1 unspecified atom stereocenters. The predicted molar refractivity (Wildman–Crippen MR) is 201 cm³/mol. The number of amides is 2. The Kier molecular flexibility index (Phi) is 11.4. The Labute approximate surface area is 301 Å². The normalized spacial score (nSPS) is 14.2. The highest BCUT2D eigenvalue weighted by molar-refractivity contribution is 6.56. The lowest BCUT2D eigenvalue weighted by atomic mass is 9.93. The lowest BCUT2D eigenvalue weighted by Crippen LogP contribution is -2.46. The van der Waals surface area contributed by atoms with Gasteiger partial charge in [0.1, 0.15) is 0 Å². The number of unbranched alkanes of at least 4 members (excludes halogenated alkanes) is 2. The molecule has 1 atom stereocenters. The summed E-state index contributed by atoms with van der Waals surface area (Å²) in [5.41, 5.74) is 6.08. The fraction of sp³-hybridized carbons (Fsp3) is 0.359. The summed E-state index contributed by atoms with van der Waals surface area (Å²) in [6, 6.07) is 23.4. The second kappa shape index (κ2) is 16.3. The molecule has 0 fully saturated rings. The lowest BCUT2D eigenvalue weighted by molar-refractivity contribution is 0.0544. The summed E-state index contributed by atoms with van der Waals surface area (Å²) >= 11 is 0. The molecule has 0 aliphatic carbocycles. The molecular weight excluding hydrogens is 659 g/mol. The molecule has 0 bridgehead atoms. The number of aromatic nitrogens is 4. The van der Waals surface area contributed by atoms with E-state index in [0.29, 0.717) is 54.7 Å². The van der Waals surface area contributed by atoms with E-state index in [-0.39, 0.29) is 24.5 Å². The van der Waals surface area contributed by atoms with Gasteiger partial charge in [0.25, 0.3) is 11.8 Å². The van der Waals surface area contributed by atoms with Gasteiger partial charge in [-0.25, -0.2) is 4.68 Å². The summed E-state index contributed by atoms with van der Waals surface area (Å²) in [5, 5.41) is 20.4. The third kappa shape index (κ3) is 8.13. The van der Waals surface area contributed by atoms with Crippen LogP contribution in [0.2, 0.25) is 0 Å². The molecule has 2 N–H and O–H groups in total. The fourth-order valence-electron chi connectivity index (χ4n) is 6.53. The zero-order chi connectivity index (χ0) is 35.9. The molecule has 0 saturated carbocycles. The Morgan fingerprint density at radius 2 is 1.71 bits per heavy atom. The molecular formula is C39H47N7O4Si. The number of hydrogen-bond acceptors (Lipinski definition) is 8. The van der Waals surface area contributed by atoms with E-state index in [4.69, 9.17) is 9.62 Å². The summed E-state index contributed by atoms with van der Waals surface area (Å²) in [7, 11) is -0.983. The average molecular weight is 706 g/mol. The van der Waals surface area contributed by atoms with Crippen LogP contribution in [0.4, 0.5) is 5.69 Å². The zero-order valence-corrected chi connectivity index (χ0v) is 31.3. The highest BCUT2D eigenvalue weighted by atomic mass is 28.2. The maximum absolute atomic E-state index is 14.6. The van der Waals surface area contributed by atoms with Crippen molar-refractivity contribution in [2.75, 3.05) is 24.7 Å². The van der Waals surface area contributed by atoms with Crippen molar-refractivity contribution in [2.24, 2.45) is 0 Å². The smallest absolute Gasteiger partial charge is 0.274 e. The zero-order valence-electron chi connectivity index (χ0n) is 29.9. The van der Waals surface area contributed by atoms with Gasteiger partial charge in [0.15, 0.2) is 15.4 Å². The second-order valence-electron chi connectivity index (χ2n) is 13.2. The number of aryl methyl sites for hydroxylation is 2. The molecule has 12 heteroatoms. The summed E-state index contributed by atoms with van der Waals surface area (Å²) < 4.78 is 6.84. The van der Waals surface area contributed by atoms with Crippen LogP contribution in [0.25, 0.3) is 17.1 Å². The predicted octanol–water partition coefficient (Wildman–Crippen LogP) is 4.96. The van der Waals surface area contributed by atoms with E-state index in [0.717, 1.165) is 53.8 Å². The SMILES string of the molecule is CCCCN(CCCC)C(=O)c1cc(C)n(-c2ccc(N[SiH2]c3ccc(-c4noc(C)n4)cc3)cc2C(=O)N2Cc3ccccc3CC2CO)n1. The number of aliphatic hydroxyl groups is 1. The largest absolute Gasteiger partial charge is 0.412 e. The van der Waals surface area contributed by atoms with E-state index in [1.165, 1.54) is 5.19 Å². The van der Waals surface area contributed by atoms with Crippen molar-refractivity contribution in [3.63, 3.8) is 0 Å². The Balaban J connectivity index is 1.32. The van der Waals surface area contributed by atoms with Gasteiger partial charge >= 0.3 is 0 Å². The molecule has 3 aromatic carbocycles. The maximum Gasteiger partial charge on any atom is 0.274 e. The third-order valence-electron chi connectivity index (χ3n) is 9.48. The quantitative estimate of drug-likeness (QED) is 0.155. The van der Waals surface area contributed by atoms with E-state index in [1.807, 2.05) is 66.4 Å². The van der Waals surface area contributed by atoms with Gasteiger partial charge in [-0.15, -0.1) is 0 Å². The van der Waals surface area contributed by atoms with Crippen molar-refractivity contribution in [3.8, 4) is 17.1 Å². The van der Waals surface area contributed by atoms with Gasteiger partial charge in [-0.05, 0) is 66.8 Å². The van der Waals surface area contributed by atoms with Crippen LogP contribution < -0.4 is 10.2 Å². The van der Waals surface area contributed by atoms with Crippen LogP contribution in [0.15, 0.2) is 77.3 Å². The number of benzene rings is 3. The second-order valence-corrected chi connectivity index (χ2v) is 14.8. The lowest BCUT2D eigenvalue weighted by Gasteiger charge is -2.36. The van der Waals surface area contributed by atoms with Crippen LogP contribution >= 0.6 is 0 Å². The monoisotopic (exact) mass is 705 g/mol. The number of fused-ring (bicyclic) bond motifs is 1. The highest BCUT2D eigenvalue weighted by Gasteiger charge is 2.32. The number of hydrogen-bond donors (Lipinski definition) is 2. The Morgan fingerprint density at radius 3 is 2.37 bits per heavy atom. The van der Waals surface area contributed by atoms with Crippen molar-refractivity contribution < 1.29 is 19.2 Å². The molecule has 5 aromatic rings. The minimum atomic E-state index is -0.983. The van der Waals surface area contributed by atoms with Gasteiger partial charge < -0.3 is 24.4 Å². The minimum absolute atomic E-state index is 0.0932. The molecule has 0 spiro atoms. The molecule has 1 aliphatic rings. The average Bonchev–Trinajstić information content (AvgIpc) is 3.78. The molecule has 266 valence electrons. The highest BCUT2D eigenvalue weighted by Crippen LogP contribution is 2.29. The van der Waals surface area contributed by atoms with Gasteiger partial charge in [-0.3, -0.25) is 9.59 Å². The van der Waals surface area contributed by atoms with E-state index in [9.17, 15) is 14.7 Å². The molecule has 0 saturated heterocycles. The Bertz CT molecular complexity index is 1960. The topological polar surface area (TPSA) is 130 Å². The first-order valence-corrected chi connectivity index (χ1v) is 19.3. The van der Waals surface area contributed by atoms with Crippen LogP contribution in [0.3, 0.4) is 0 Å². The van der Waals surface area contributed by atoms with E-state index < -0.39 is 9.68 Å². The van der Waals surface area contributed by atoms with Gasteiger partial charge in [0, 0.05) is 43.5 Å². The standard InChI is InChI=1S/C39H47N7O4Si/c1-5-7-19-44(20-8-6-2)39(49)35-21-26(3)46(41-35)36-18-15-31(43-51-33-16-13-28(14-17-33)37-40-27(4)50-42-37)23-34(36)38(48)45-24-30-12-10-9-11-29(30)22-32(45)25-47/h9-18,21,23,32,43,47H,5-8,19-20,22,24-25,51H2,1-4H3. The molecule has 1 aliphatic heterocycles. The molecule has 2 amide bonds. The van der Waals surface area contributed by atoms with E-state index >= 15 is 0 Å². The van der Waals surface area contributed by atoms with Crippen LogP contribution in [0.1, 0.15) is 83.1 Å². The van der Waals surface area contributed by atoms with Gasteiger partial charge in [-0.2, -0.15) is 10.1 Å². The molecule has 3 heterocycles. The van der Waals surface area contributed by atoms with Crippen LogP contribution in [-0.4, -0.2) is 82.1 Å². The van der Waals surface area contributed by atoms with Gasteiger partial charge in [0.05, 0.1) is 23.9 Å². The first kappa shape index (κ1) is 35.7. The summed E-state index contributed by atoms with van der Waals surface area (Å²) in [6.07, 6.45) is 4.43. The molecule has 0 radical (unpaired) electrons. The van der Waals surface area contributed by atoms with Crippen molar-refractivity contribution in [1.82, 2.24) is 29.7 Å². The molecule has 51 heavy (non-hydrogen) atoms. The number of nitrogens with one attached hydrogen (secondary N) is 1. The summed E-state index contributed by atoms with van der Waals surface area (Å²) in [4.78, 5) is 39.9. The number of carbonyl (C=O) groups excluding carboxylic acids is 2. The first-order valence-electron chi connectivity index (χ1n) is 17.9. The minimum Gasteiger partial charge on any atom is -0.412 e. The van der Waals surface area contributed by atoms with Crippen molar-refractivity contribution in [1.29, 1.82) is 0 Å². The van der Waals surface area contributed by atoms with Crippen LogP contribution in [0.5, 0.6) is 0 Å². The molecule has 11 nitrogen and oxygen atoms in total. The molecule has 6 rings (SSSR count). The number of rotatable bonds is 14. The van der Waals surface area contributed by atoms with Crippen molar-refractivity contribution in [2.45, 2.75) is 72.4 Å². The van der Waals surface area contributed by atoms with Gasteiger partial charge in [0.2, 0.25) is 11.7 Å². The van der Waals surface area contributed by atoms with Crippen LogP contribution in [-0.2, 0) is 13.0 Å². The first-order chi connectivity index (χ1) is 24.8. The maximum atomic E-state index is 14.6. The summed E-state index contributed by atoms with van der Waals surface area (Å²) in [6.45, 7) is 9.54. The summed E-state index contributed by atoms with van der Waals surface area (Å²) in [5.74, 6) is 0.790. The Morgan fingerprint density at radius 1 is 0.980 bits per heavy atom.